The molecule has 1 aliphatic rings. The molecule has 1 aliphatic heterocycles. The zero-order valence-corrected chi connectivity index (χ0v) is 11.9. The number of rotatable bonds is 4. The molecule has 0 bridgehead atoms. The average Bonchev–Trinajstić information content (AvgIpc) is 2.78. The van der Waals surface area contributed by atoms with Gasteiger partial charge in [-0.15, -0.1) is 11.3 Å². The normalized spacial score (nSPS) is 22.2. The summed E-state index contributed by atoms with van der Waals surface area (Å²) in [4.78, 5) is 7.32. The number of hydrogen-bond donors (Lipinski definition) is 1. The summed E-state index contributed by atoms with van der Waals surface area (Å²) in [7, 11) is 1.97. The molecule has 3 nitrogen and oxygen atoms in total. The van der Waals surface area contributed by atoms with Crippen molar-refractivity contribution in [1.82, 2.24) is 15.2 Å². The van der Waals surface area contributed by atoms with Gasteiger partial charge in [-0.2, -0.15) is 0 Å². The Hall–Kier alpha value is -0.450. The van der Waals surface area contributed by atoms with Gasteiger partial charge in [-0.1, -0.05) is 0 Å². The first kappa shape index (κ1) is 13.0. The van der Waals surface area contributed by atoms with Crippen LogP contribution in [0.25, 0.3) is 0 Å². The fraction of sp³-hybridized carbons (Fsp3) is 0.769. The standard InChI is InChI=1S/C13H23N3S/c1-10(2)16-6-4-5-11(8-16)13-15-12(7-14-3)9-17-13/h9-11,14H,4-8H2,1-3H3. The lowest BCUT2D eigenvalue weighted by Gasteiger charge is -2.34. The van der Waals surface area contributed by atoms with Gasteiger partial charge in [0, 0.05) is 30.4 Å². The summed E-state index contributed by atoms with van der Waals surface area (Å²) in [5, 5.41) is 6.69. The maximum absolute atomic E-state index is 4.75. The van der Waals surface area contributed by atoms with E-state index in [0.29, 0.717) is 12.0 Å². The SMILES string of the molecule is CNCc1csc(C2CCCN(C(C)C)C2)n1. The summed E-state index contributed by atoms with van der Waals surface area (Å²) in [6.45, 7) is 7.90. The maximum Gasteiger partial charge on any atom is 0.0972 e. The molecule has 0 aromatic carbocycles. The van der Waals surface area contributed by atoms with Crippen LogP contribution in [0.2, 0.25) is 0 Å². The third kappa shape index (κ3) is 3.27. The number of aromatic nitrogens is 1. The first-order chi connectivity index (χ1) is 8.20. The van der Waals surface area contributed by atoms with Crippen molar-refractivity contribution in [3.05, 3.63) is 16.1 Å². The highest BCUT2D eigenvalue weighted by atomic mass is 32.1. The lowest BCUT2D eigenvalue weighted by atomic mass is 9.98. The van der Waals surface area contributed by atoms with Crippen molar-refractivity contribution in [2.24, 2.45) is 0 Å². The third-order valence-electron chi connectivity index (χ3n) is 3.46. The Morgan fingerprint density at radius 1 is 1.59 bits per heavy atom. The molecule has 2 rings (SSSR count). The summed E-state index contributed by atoms with van der Waals surface area (Å²) in [5.41, 5.74) is 1.19. The van der Waals surface area contributed by atoms with Gasteiger partial charge in [0.15, 0.2) is 0 Å². The summed E-state index contributed by atoms with van der Waals surface area (Å²) in [5.74, 6) is 0.654. The highest BCUT2D eigenvalue weighted by molar-refractivity contribution is 7.09. The van der Waals surface area contributed by atoms with Gasteiger partial charge in [-0.05, 0) is 40.3 Å². The van der Waals surface area contributed by atoms with Gasteiger partial charge in [0.05, 0.1) is 10.7 Å². The number of hydrogen-bond acceptors (Lipinski definition) is 4. The molecule has 4 heteroatoms. The van der Waals surface area contributed by atoms with Crippen molar-refractivity contribution < 1.29 is 0 Å². The van der Waals surface area contributed by atoms with E-state index in [-0.39, 0.29) is 0 Å². The molecule has 0 aliphatic carbocycles. The van der Waals surface area contributed by atoms with E-state index in [1.165, 1.54) is 36.6 Å². The van der Waals surface area contributed by atoms with E-state index in [2.05, 4.69) is 29.4 Å². The molecular weight excluding hydrogens is 230 g/mol. The Morgan fingerprint density at radius 3 is 3.12 bits per heavy atom. The van der Waals surface area contributed by atoms with Crippen molar-refractivity contribution in [1.29, 1.82) is 0 Å². The zero-order valence-electron chi connectivity index (χ0n) is 11.1. The smallest absolute Gasteiger partial charge is 0.0972 e. The second kappa shape index (κ2) is 5.94. The second-order valence-corrected chi connectivity index (χ2v) is 6.02. The Balaban J connectivity index is 2.00. The zero-order chi connectivity index (χ0) is 12.3. The van der Waals surface area contributed by atoms with Crippen LogP contribution in [0.5, 0.6) is 0 Å². The van der Waals surface area contributed by atoms with Crippen LogP contribution in [0.4, 0.5) is 0 Å². The summed E-state index contributed by atoms with van der Waals surface area (Å²) < 4.78 is 0. The Morgan fingerprint density at radius 2 is 2.41 bits per heavy atom. The van der Waals surface area contributed by atoms with Crippen LogP contribution in [0.1, 0.15) is 43.3 Å². The highest BCUT2D eigenvalue weighted by Gasteiger charge is 2.24. The van der Waals surface area contributed by atoms with Gasteiger partial charge < -0.3 is 10.2 Å². The summed E-state index contributed by atoms with van der Waals surface area (Å²) >= 11 is 1.83. The van der Waals surface area contributed by atoms with Crippen LogP contribution in [-0.2, 0) is 6.54 Å². The molecule has 1 atom stereocenters. The van der Waals surface area contributed by atoms with E-state index in [4.69, 9.17) is 4.98 Å². The molecule has 1 N–H and O–H groups in total. The van der Waals surface area contributed by atoms with Crippen LogP contribution in [-0.4, -0.2) is 36.1 Å². The molecule has 0 saturated carbocycles. The topological polar surface area (TPSA) is 28.2 Å². The fourth-order valence-corrected chi connectivity index (χ4v) is 3.40. The number of nitrogens with one attached hydrogen (secondary N) is 1. The summed E-state index contributed by atoms with van der Waals surface area (Å²) in [6.07, 6.45) is 2.61. The lowest BCUT2D eigenvalue weighted by Crippen LogP contribution is -2.39. The van der Waals surface area contributed by atoms with Gasteiger partial charge in [-0.3, -0.25) is 0 Å². The van der Waals surface area contributed by atoms with Crippen LogP contribution in [0.15, 0.2) is 5.38 Å². The molecule has 0 radical (unpaired) electrons. The van der Waals surface area contributed by atoms with Crippen molar-refractivity contribution in [3.8, 4) is 0 Å². The largest absolute Gasteiger partial charge is 0.314 e. The molecule has 0 amide bonds. The van der Waals surface area contributed by atoms with Gasteiger partial charge in [0.25, 0.3) is 0 Å². The van der Waals surface area contributed by atoms with Gasteiger partial charge >= 0.3 is 0 Å². The molecule has 1 unspecified atom stereocenters. The number of piperidine rings is 1. The van der Waals surface area contributed by atoms with Crippen LogP contribution in [0, 0.1) is 0 Å². The minimum atomic E-state index is 0.654. The van der Waals surface area contributed by atoms with Gasteiger partial charge in [0.1, 0.15) is 0 Å². The third-order valence-corrected chi connectivity index (χ3v) is 4.52. The molecule has 1 saturated heterocycles. The molecule has 2 heterocycles. The monoisotopic (exact) mass is 253 g/mol. The molecule has 1 fully saturated rings. The highest BCUT2D eigenvalue weighted by Crippen LogP contribution is 2.29. The van der Waals surface area contributed by atoms with E-state index in [9.17, 15) is 0 Å². The number of thiazole rings is 1. The first-order valence-electron chi connectivity index (χ1n) is 6.53. The van der Waals surface area contributed by atoms with Crippen LogP contribution >= 0.6 is 11.3 Å². The van der Waals surface area contributed by atoms with E-state index < -0.39 is 0 Å². The van der Waals surface area contributed by atoms with E-state index in [1.54, 1.807) is 0 Å². The molecule has 1 aromatic heterocycles. The van der Waals surface area contributed by atoms with Crippen LogP contribution in [0.3, 0.4) is 0 Å². The van der Waals surface area contributed by atoms with E-state index in [1.807, 2.05) is 18.4 Å². The van der Waals surface area contributed by atoms with Crippen molar-refractivity contribution in [2.45, 2.75) is 45.2 Å². The Kier molecular flexibility index (Phi) is 4.54. The minimum Gasteiger partial charge on any atom is -0.314 e. The predicted molar refractivity (Wildman–Crippen MR) is 73.6 cm³/mol. The van der Waals surface area contributed by atoms with Gasteiger partial charge in [-0.25, -0.2) is 4.98 Å². The molecule has 0 spiro atoms. The number of likely N-dealkylation sites (tertiary alicyclic amines) is 1. The molecule has 96 valence electrons. The lowest BCUT2D eigenvalue weighted by molar-refractivity contribution is 0.167. The van der Waals surface area contributed by atoms with Crippen molar-refractivity contribution >= 4 is 11.3 Å². The predicted octanol–water partition coefficient (Wildman–Crippen LogP) is 2.45. The molecular formula is C13H23N3S. The second-order valence-electron chi connectivity index (χ2n) is 5.14. The van der Waals surface area contributed by atoms with Crippen LogP contribution < -0.4 is 5.32 Å². The summed E-state index contributed by atoms with van der Waals surface area (Å²) in [6, 6.07) is 0.662. The number of nitrogens with zero attached hydrogens (tertiary/aromatic N) is 2. The van der Waals surface area contributed by atoms with E-state index >= 15 is 0 Å². The molecule has 1 aromatic rings. The Bertz CT molecular complexity index is 348. The minimum absolute atomic E-state index is 0.654. The Labute approximate surface area is 108 Å². The quantitative estimate of drug-likeness (QED) is 0.893. The first-order valence-corrected chi connectivity index (χ1v) is 7.41. The van der Waals surface area contributed by atoms with E-state index in [0.717, 1.165) is 6.54 Å². The average molecular weight is 253 g/mol. The fourth-order valence-electron chi connectivity index (χ4n) is 2.45. The maximum atomic E-state index is 4.75. The van der Waals surface area contributed by atoms with Gasteiger partial charge in [0.2, 0.25) is 0 Å². The molecule has 17 heavy (non-hydrogen) atoms. The van der Waals surface area contributed by atoms with Crippen molar-refractivity contribution in [2.75, 3.05) is 20.1 Å². The van der Waals surface area contributed by atoms with Crippen molar-refractivity contribution in [3.63, 3.8) is 0 Å².